The van der Waals surface area contributed by atoms with E-state index in [1.165, 1.54) is 12.3 Å². The monoisotopic (exact) mass is 530 g/mol. The molecule has 6 rings (SSSR count). The van der Waals surface area contributed by atoms with Crippen LogP contribution in [0.2, 0.25) is 0 Å². The minimum absolute atomic E-state index is 0.00260. The molecular formula is C28H26N4O7. The number of pyridine rings is 1. The van der Waals surface area contributed by atoms with E-state index in [4.69, 9.17) is 15.7 Å². The maximum atomic E-state index is 14.1. The highest BCUT2D eigenvalue weighted by molar-refractivity contribution is 6.15. The average molecular weight is 531 g/mol. The number of Topliss-reactive ketones (excluding diaryl/α,β-unsaturated/α-hetero) is 1. The number of ether oxygens (including phenoxy) is 1. The van der Waals surface area contributed by atoms with Crippen molar-refractivity contribution < 1.29 is 34.8 Å². The number of phenolic OH excluding ortho intramolecular Hbond substituents is 1. The van der Waals surface area contributed by atoms with Gasteiger partial charge in [-0.15, -0.1) is 0 Å². The van der Waals surface area contributed by atoms with Crippen LogP contribution in [0, 0.1) is 23.2 Å². The van der Waals surface area contributed by atoms with Crippen LogP contribution in [0.3, 0.4) is 0 Å². The Hall–Kier alpha value is -4.40. The predicted molar refractivity (Wildman–Crippen MR) is 137 cm³/mol. The van der Waals surface area contributed by atoms with Gasteiger partial charge in [0.15, 0.2) is 17.0 Å². The number of phenols is 1. The zero-order valence-corrected chi connectivity index (χ0v) is 21.2. The minimum atomic E-state index is -2.10. The van der Waals surface area contributed by atoms with Gasteiger partial charge in [-0.1, -0.05) is 0 Å². The second-order valence-corrected chi connectivity index (χ2v) is 10.8. The van der Waals surface area contributed by atoms with E-state index in [-0.39, 0.29) is 47.8 Å². The fourth-order valence-corrected chi connectivity index (χ4v) is 6.95. The van der Waals surface area contributed by atoms with E-state index in [1.807, 2.05) is 25.1 Å². The van der Waals surface area contributed by atoms with Crippen LogP contribution in [-0.4, -0.2) is 69.0 Å². The molecule has 4 atom stereocenters. The second kappa shape index (κ2) is 8.05. The number of primary amides is 1. The highest BCUT2D eigenvalue weighted by Gasteiger charge is 2.74. The van der Waals surface area contributed by atoms with Gasteiger partial charge in [-0.3, -0.25) is 9.59 Å². The molecule has 3 aliphatic carbocycles. The number of fused-ring (bicyclic) bond motifs is 2. The van der Waals surface area contributed by atoms with Gasteiger partial charge in [-0.2, -0.15) is 5.26 Å². The van der Waals surface area contributed by atoms with E-state index in [0.29, 0.717) is 28.8 Å². The molecule has 1 aromatic carbocycles. The number of hydrogen-bond donors (Lipinski definition) is 5. The molecule has 3 unspecified atom stereocenters. The van der Waals surface area contributed by atoms with Crippen molar-refractivity contribution in [2.24, 2.45) is 17.6 Å². The third-order valence-corrected chi connectivity index (χ3v) is 8.65. The summed E-state index contributed by atoms with van der Waals surface area (Å²) in [5, 5.41) is 54.3. The number of aliphatic hydroxyl groups is 3. The summed E-state index contributed by atoms with van der Waals surface area (Å²) in [6, 6.07) is 6.83. The molecule has 1 aliphatic heterocycles. The number of rotatable bonds is 3. The minimum Gasteiger partial charge on any atom is -0.512 e. The van der Waals surface area contributed by atoms with Crippen molar-refractivity contribution in [1.82, 2.24) is 4.98 Å². The van der Waals surface area contributed by atoms with Crippen molar-refractivity contribution in [3.63, 3.8) is 0 Å². The van der Waals surface area contributed by atoms with Crippen molar-refractivity contribution in [3.8, 4) is 22.9 Å². The number of aromatic nitrogens is 1. The normalized spacial score (nSPS) is 28.9. The molecule has 6 N–H and O–H groups in total. The average Bonchev–Trinajstić information content (AvgIpc) is 2.87. The summed E-state index contributed by atoms with van der Waals surface area (Å²) >= 11 is 0. The number of allylic oxidation sites excluding steroid dienone is 2. The highest BCUT2D eigenvalue weighted by atomic mass is 16.6. The lowest BCUT2D eigenvalue weighted by Gasteiger charge is -2.63. The number of benzene rings is 1. The van der Waals surface area contributed by atoms with Crippen LogP contribution >= 0.6 is 0 Å². The fraction of sp³-hybridized carbons (Fsp3) is 0.357. The lowest BCUT2D eigenvalue weighted by molar-refractivity contribution is -0.311. The molecule has 1 fully saturated rings. The van der Waals surface area contributed by atoms with Crippen LogP contribution < -0.4 is 10.6 Å². The fourth-order valence-electron chi connectivity index (χ4n) is 6.95. The Morgan fingerprint density at radius 2 is 2.00 bits per heavy atom. The molecule has 0 radical (unpaired) electrons. The third-order valence-electron chi connectivity index (χ3n) is 8.65. The Kier molecular flexibility index (Phi) is 5.14. The van der Waals surface area contributed by atoms with Crippen molar-refractivity contribution in [2.45, 2.75) is 30.5 Å². The van der Waals surface area contributed by atoms with Gasteiger partial charge in [0.2, 0.25) is 0 Å². The largest absolute Gasteiger partial charge is 0.512 e. The predicted octanol–water partition coefficient (Wildman–Crippen LogP) is 1.78. The Morgan fingerprint density at radius 1 is 1.26 bits per heavy atom. The molecule has 1 aromatic heterocycles. The Balaban J connectivity index is 1.55. The molecule has 1 amide bonds. The van der Waals surface area contributed by atoms with Crippen molar-refractivity contribution in [2.75, 3.05) is 25.6 Å². The second-order valence-electron chi connectivity index (χ2n) is 10.8. The quantitative estimate of drug-likeness (QED) is 0.391. The smallest absolute Gasteiger partial charge is 0.251 e. The Morgan fingerprint density at radius 3 is 2.56 bits per heavy atom. The topological polar surface area (TPSA) is 190 Å². The molecule has 200 valence electrons. The highest BCUT2D eigenvalue weighted by Crippen LogP contribution is 2.62. The SMILES string of the molecule is CN(C)c1cc(-c2ccc(C#N)nc2)c(O)c2c1CC1CC3CC(O)=C(C(N)=O)C4(O)CO[C@]34C(O)=C1C2=O. The zero-order valence-electron chi connectivity index (χ0n) is 21.2. The van der Waals surface area contributed by atoms with Gasteiger partial charge in [0, 0.05) is 55.0 Å². The van der Waals surface area contributed by atoms with Crippen molar-refractivity contribution in [1.29, 1.82) is 5.26 Å². The van der Waals surface area contributed by atoms with Gasteiger partial charge in [0.25, 0.3) is 5.91 Å². The Bertz CT molecular complexity index is 1590. The van der Waals surface area contributed by atoms with Gasteiger partial charge in [0.1, 0.15) is 29.0 Å². The van der Waals surface area contributed by atoms with Crippen LogP contribution in [0.5, 0.6) is 5.75 Å². The number of nitrogens with two attached hydrogens (primary N) is 1. The summed E-state index contributed by atoms with van der Waals surface area (Å²) < 4.78 is 5.79. The van der Waals surface area contributed by atoms with E-state index < -0.39 is 46.1 Å². The summed E-state index contributed by atoms with van der Waals surface area (Å²) in [4.78, 5) is 32.2. The van der Waals surface area contributed by atoms with Crippen LogP contribution in [0.25, 0.3) is 11.1 Å². The van der Waals surface area contributed by atoms with Gasteiger partial charge in [-0.25, -0.2) is 4.98 Å². The molecule has 1 spiro atoms. The van der Waals surface area contributed by atoms with Crippen LogP contribution in [0.15, 0.2) is 47.1 Å². The van der Waals surface area contributed by atoms with Crippen LogP contribution in [0.1, 0.15) is 34.5 Å². The first-order valence-corrected chi connectivity index (χ1v) is 12.5. The molecule has 1 saturated heterocycles. The van der Waals surface area contributed by atoms with Crippen molar-refractivity contribution >= 4 is 17.4 Å². The third kappa shape index (κ3) is 3.01. The summed E-state index contributed by atoms with van der Waals surface area (Å²) in [7, 11) is 3.63. The van der Waals surface area contributed by atoms with Crippen molar-refractivity contribution in [3.05, 3.63) is 63.9 Å². The molecule has 4 aliphatic rings. The number of aliphatic hydroxyl groups excluding tert-OH is 2. The molecular weight excluding hydrogens is 504 g/mol. The zero-order chi connectivity index (χ0) is 28.0. The number of amides is 1. The van der Waals surface area contributed by atoms with Crippen LogP contribution in [0.4, 0.5) is 5.69 Å². The van der Waals surface area contributed by atoms with E-state index in [0.717, 1.165) is 0 Å². The van der Waals surface area contributed by atoms with Gasteiger partial charge < -0.3 is 35.8 Å². The number of nitrogens with zero attached hydrogens (tertiary/aromatic N) is 3. The van der Waals surface area contributed by atoms with E-state index in [2.05, 4.69) is 4.98 Å². The number of ketones is 1. The molecule has 2 aromatic rings. The maximum Gasteiger partial charge on any atom is 0.251 e. The number of hydrogen-bond acceptors (Lipinski definition) is 10. The lowest BCUT2D eigenvalue weighted by atomic mass is 9.53. The first kappa shape index (κ1) is 24.9. The first-order chi connectivity index (χ1) is 18.5. The molecule has 39 heavy (non-hydrogen) atoms. The van der Waals surface area contributed by atoms with Gasteiger partial charge in [-0.05, 0) is 42.5 Å². The molecule has 11 heteroatoms. The number of nitriles is 1. The number of anilines is 1. The number of aromatic hydroxyl groups is 1. The Labute approximate surface area is 223 Å². The number of carbonyl (C=O) groups excluding carboxylic acids is 2. The molecule has 11 nitrogen and oxygen atoms in total. The first-order valence-electron chi connectivity index (χ1n) is 12.5. The lowest BCUT2D eigenvalue weighted by Crippen LogP contribution is -2.77. The van der Waals surface area contributed by atoms with E-state index in [1.54, 1.807) is 12.1 Å². The summed E-state index contributed by atoms with van der Waals surface area (Å²) in [5.41, 5.74) is 3.46. The number of carbonyl (C=O) groups is 2. The van der Waals surface area contributed by atoms with Gasteiger partial charge in [0.05, 0.1) is 17.7 Å². The van der Waals surface area contributed by atoms with E-state index in [9.17, 15) is 30.0 Å². The summed E-state index contributed by atoms with van der Waals surface area (Å²) in [5.74, 6) is -3.91. The van der Waals surface area contributed by atoms with Crippen LogP contribution in [-0.2, 0) is 16.0 Å². The summed E-state index contributed by atoms with van der Waals surface area (Å²) in [6.07, 6.45) is 1.94. The molecule has 0 bridgehead atoms. The maximum absolute atomic E-state index is 14.1. The standard InChI is InChI=1S/C28H26N4O7/c1-32(2)18-8-16(12-3-4-15(9-29)31-10-12)23(34)21-17(18)6-13-5-14-7-19(33)22(26(30)37)27(38)11-39-28(14,27)25(36)20(13)24(21)35/h3-4,8,10,13-14,33-34,36,38H,5-7,11H2,1-2H3,(H2,30,37)/t13?,14?,27?,28-/m0/s1. The molecule has 0 saturated carbocycles. The van der Waals surface area contributed by atoms with E-state index >= 15 is 0 Å². The molecule has 2 heterocycles. The van der Waals surface area contributed by atoms with Gasteiger partial charge >= 0.3 is 0 Å². The summed E-state index contributed by atoms with van der Waals surface area (Å²) in [6.45, 7) is -0.384.